The first-order valence-corrected chi connectivity index (χ1v) is 5.41. The summed E-state index contributed by atoms with van der Waals surface area (Å²) in [7, 11) is 0. The van der Waals surface area contributed by atoms with Gasteiger partial charge in [-0.3, -0.25) is 4.40 Å². The van der Waals surface area contributed by atoms with Crippen LogP contribution in [0.5, 0.6) is 0 Å². The van der Waals surface area contributed by atoms with Crippen molar-refractivity contribution in [3.05, 3.63) is 34.2 Å². The Kier molecular flexibility index (Phi) is 2.56. The van der Waals surface area contributed by atoms with Crippen molar-refractivity contribution in [3.8, 4) is 0 Å². The number of hydrogen-bond donors (Lipinski definition) is 1. The van der Waals surface area contributed by atoms with Gasteiger partial charge in [0.1, 0.15) is 10.3 Å². The molecule has 0 aliphatic carbocycles. The first-order chi connectivity index (χ1) is 6.76. The summed E-state index contributed by atoms with van der Waals surface area (Å²) < 4.78 is 3.06. The lowest BCUT2D eigenvalue weighted by molar-refractivity contribution is 1.01. The second-order valence-electron chi connectivity index (χ2n) is 3.17. The van der Waals surface area contributed by atoms with Crippen LogP contribution in [0.1, 0.15) is 18.2 Å². The van der Waals surface area contributed by atoms with Crippen LogP contribution in [0.2, 0.25) is 0 Å². The Hall–Kier alpha value is -0.870. The molecule has 2 aromatic heterocycles. The van der Waals surface area contributed by atoms with E-state index >= 15 is 0 Å². The number of nitrogens with two attached hydrogens (primary N) is 1. The van der Waals surface area contributed by atoms with Crippen molar-refractivity contribution in [2.24, 2.45) is 5.73 Å². The van der Waals surface area contributed by atoms with Crippen molar-refractivity contribution in [3.63, 3.8) is 0 Å². The van der Waals surface area contributed by atoms with Crippen LogP contribution in [0.4, 0.5) is 0 Å². The molecule has 0 fully saturated rings. The fourth-order valence-corrected chi connectivity index (χ4v) is 2.11. The first kappa shape index (κ1) is 9.68. The molecule has 4 heteroatoms. The summed E-state index contributed by atoms with van der Waals surface area (Å²) in [6, 6.07) is 4.00. The molecule has 3 nitrogen and oxygen atoms in total. The lowest BCUT2D eigenvalue weighted by Gasteiger charge is -1.99. The van der Waals surface area contributed by atoms with Crippen LogP contribution in [0, 0.1) is 0 Å². The predicted molar refractivity (Wildman–Crippen MR) is 60.2 cm³/mol. The van der Waals surface area contributed by atoms with Gasteiger partial charge in [0.15, 0.2) is 0 Å². The van der Waals surface area contributed by atoms with Crippen LogP contribution >= 0.6 is 15.9 Å². The van der Waals surface area contributed by atoms with Gasteiger partial charge in [0.05, 0.1) is 5.69 Å². The number of imidazole rings is 1. The molecule has 74 valence electrons. The molecule has 0 aliphatic heterocycles. The van der Waals surface area contributed by atoms with Crippen molar-refractivity contribution in [2.45, 2.75) is 19.9 Å². The summed E-state index contributed by atoms with van der Waals surface area (Å²) in [5.41, 5.74) is 8.74. The number of fused-ring (bicyclic) bond motifs is 1. The number of aromatic nitrogens is 2. The zero-order valence-electron chi connectivity index (χ0n) is 8.00. The van der Waals surface area contributed by atoms with E-state index in [2.05, 4.69) is 27.8 Å². The second kappa shape index (κ2) is 3.71. The van der Waals surface area contributed by atoms with Crippen molar-refractivity contribution in [2.75, 3.05) is 0 Å². The minimum absolute atomic E-state index is 0.558. The number of pyridine rings is 1. The van der Waals surface area contributed by atoms with Crippen LogP contribution in [-0.4, -0.2) is 9.38 Å². The monoisotopic (exact) mass is 253 g/mol. The third kappa shape index (κ3) is 1.44. The van der Waals surface area contributed by atoms with Crippen LogP contribution in [0.3, 0.4) is 0 Å². The molecule has 2 aromatic rings. The van der Waals surface area contributed by atoms with Gasteiger partial charge in [0.25, 0.3) is 0 Å². The molecule has 14 heavy (non-hydrogen) atoms. The van der Waals surface area contributed by atoms with Crippen LogP contribution in [0.15, 0.2) is 22.9 Å². The fourth-order valence-electron chi connectivity index (χ4n) is 1.45. The Morgan fingerprint density at radius 3 is 2.93 bits per heavy atom. The highest BCUT2D eigenvalue weighted by molar-refractivity contribution is 9.10. The van der Waals surface area contributed by atoms with Crippen molar-refractivity contribution >= 4 is 21.6 Å². The van der Waals surface area contributed by atoms with E-state index in [9.17, 15) is 0 Å². The number of hydrogen-bond acceptors (Lipinski definition) is 2. The normalized spacial score (nSPS) is 11.1. The Morgan fingerprint density at radius 1 is 1.50 bits per heavy atom. The van der Waals surface area contributed by atoms with E-state index in [4.69, 9.17) is 5.73 Å². The van der Waals surface area contributed by atoms with Gasteiger partial charge in [-0.05, 0) is 34.0 Å². The van der Waals surface area contributed by atoms with Gasteiger partial charge in [-0.25, -0.2) is 4.98 Å². The third-order valence-electron chi connectivity index (χ3n) is 2.26. The number of rotatable bonds is 2. The lowest BCUT2D eigenvalue weighted by atomic mass is 10.3. The van der Waals surface area contributed by atoms with Gasteiger partial charge >= 0.3 is 0 Å². The minimum atomic E-state index is 0.558. The quantitative estimate of drug-likeness (QED) is 0.891. The molecule has 0 unspecified atom stereocenters. The van der Waals surface area contributed by atoms with Crippen LogP contribution in [-0.2, 0) is 13.0 Å². The molecular formula is C10H12BrN3. The van der Waals surface area contributed by atoms with Gasteiger partial charge in [-0.2, -0.15) is 0 Å². The van der Waals surface area contributed by atoms with E-state index in [0.717, 1.165) is 27.9 Å². The topological polar surface area (TPSA) is 43.3 Å². The SMILES string of the molecule is CCc1nc2ccc(CN)cn2c1Br. The Morgan fingerprint density at radius 2 is 2.29 bits per heavy atom. The van der Waals surface area contributed by atoms with E-state index in [-0.39, 0.29) is 0 Å². The summed E-state index contributed by atoms with van der Waals surface area (Å²) in [6.07, 6.45) is 2.95. The average molecular weight is 254 g/mol. The predicted octanol–water partition coefficient (Wildman–Crippen LogP) is 2.12. The summed E-state index contributed by atoms with van der Waals surface area (Å²) in [4.78, 5) is 4.48. The van der Waals surface area contributed by atoms with Gasteiger partial charge in [-0.15, -0.1) is 0 Å². The van der Waals surface area contributed by atoms with E-state index in [1.54, 1.807) is 0 Å². The van der Waals surface area contributed by atoms with Gasteiger partial charge in [0.2, 0.25) is 0 Å². The highest BCUT2D eigenvalue weighted by Crippen LogP contribution is 2.19. The van der Waals surface area contributed by atoms with Crippen LogP contribution in [0.25, 0.3) is 5.65 Å². The fraction of sp³-hybridized carbons (Fsp3) is 0.300. The van der Waals surface area contributed by atoms with Crippen molar-refractivity contribution in [1.29, 1.82) is 0 Å². The summed E-state index contributed by atoms with van der Waals surface area (Å²) >= 11 is 3.53. The molecule has 0 atom stereocenters. The molecular weight excluding hydrogens is 242 g/mol. The molecule has 0 aliphatic rings. The molecule has 0 saturated heterocycles. The molecule has 2 heterocycles. The van der Waals surface area contributed by atoms with E-state index in [1.807, 2.05) is 22.7 Å². The summed E-state index contributed by atoms with van der Waals surface area (Å²) in [5.74, 6) is 0. The number of nitrogens with zero attached hydrogens (tertiary/aromatic N) is 2. The molecule has 2 N–H and O–H groups in total. The van der Waals surface area contributed by atoms with Crippen molar-refractivity contribution < 1.29 is 0 Å². The maximum Gasteiger partial charge on any atom is 0.137 e. The Bertz CT molecular complexity index is 462. The maximum atomic E-state index is 5.58. The first-order valence-electron chi connectivity index (χ1n) is 4.61. The second-order valence-corrected chi connectivity index (χ2v) is 3.92. The van der Waals surface area contributed by atoms with E-state index in [1.165, 1.54) is 0 Å². The molecule has 0 aromatic carbocycles. The van der Waals surface area contributed by atoms with Gasteiger partial charge < -0.3 is 5.73 Å². The van der Waals surface area contributed by atoms with Crippen LogP contribution < -0.4 is 5.73 Å². The molecule has 0 spiro atoms. The van der Waals surface area contributed by atoms with Gasteiger partial charge in [0, 0.05) is 12.7 Å². The zero-order chi connectivity index (χ0) is 10.1. The Balaban J connectivity index is 2.68. The smallest absolute Gasteiger partial charge is 0.137 e. The standard InChI is InChI=1S/C10H12BrN3/c1-2-8-10(11)14-6-7(5-12)3-4-9(14)13-8/h3-4,6H,2,5,12H2,1H3. The van der Waals surface area contributed by atoms with E-state index < -0.39 is 0 Å². The molecule has 0 radical (unpaired) electrons. The number of halogens is 1. The molecule has 0 amide bonds. The molecule has 2 rings (SSSR count). The summed E-state index contributed by atoms with van der Waals surface area (Å²) in [6.45, 7) is 2.65. The van der Waals surface area contributed by atoms with E-state index in [0.29, 0.717) is 6.54 Å². The molecule has 0 saturated carbocycles. The van der Waals surface area contributed by atoms with Crippen molar-refractivity contribution in [1.82, 2.24) is 9.38 Å². The maximum absolute atomic E-state index is 5.58. The average Bonchev–Trinajstić information content (AvgIpc) is 2.55. The number of aryl methyl sites for hydroxylation is 1. The highest BCUT2D eigenvalue weighted by Gasteiger charge is 2.07. The minimum Gasteiger partial charge on any atom is -0.326 e. The zero-order valence-corrected chi connectivity index (χ0v) is 9.58. The molecule has 0 bridgehead atoms. The highest BCUT2D eigenvalue weighted by atomic mass is 79.9. The van der Waals surface area contributed by atoms with Gasteiger partial charge in [-0.1, -0.05) is 13.0 Å². The third-order valence-corrected chi connectivity index (χ3v) is 3.10. The lowest BCUT2D eigenvalue weighted by Crippen LogP contribution is -1.98. The Labute approximate surface area is 91.1 Å². The largest absolute Gasteiger partial charge is 0.326 e. The summed E-state index contributed by atoms with van der Waals surface area (Å²) in [5, 5.41) is 0.